The lowest BCUT2D eigenvalue weighted by molar-refractivity contribution is 0.205. The van der Waals surface area contributed by atoms with Crippen LogP contribution in [0.1, 0.15) is 51.6 Å². The number of nitrogens with zero attached hydrogens (tertiary/aromatic N) is 1. The van der Waals surface area contributed by atoms with E-state index in [0.29, 0.717) is 5.41 Å². The highest BCUT2D eigenvalue weighted by Gasteiger charge is 2.27. The number of hydrogen-bond acceptors (Lipinski definition) is 2. The van der Waals surface area contributed by atoms with Gasteiger partial charge in [0.1, 0.15) is 0 Å². The highest BCUT2D eigenvalue weighted by molar-refractivity contribution is 5.18. The van der Waals surface area contributed by atoms with E-state index >= 15 is 0 Å². The van der Waals surface area contributed by atoms with Crippen molar-refractivity contribution in [2.24, 2.45) is 17.1 Å². The van der Waals surface area contributed by atoms with Crippen molar-refractivity contribution in [3.05, 3.63) is 35.9 Å². The summed E-state index contributed by atoms with van der Waals surface area (Å²) in [5.41, 5.74) is 8.05. The summed E-state index contributed by atoms with van der Waals surface area (Å²) in [5.74, 6) is 0.848. The smallest absolute Gasteiger partial charge is 0.0424 e. The van der Waals surface area contributed by atoms with Gasteiger partial charge in [-0.05, 0) is 49.2 Å². The third kappa shape index (κ3) is 4.32. The van der Waals surface area contributed by atoms with Crippen molar-refractivity contribution < 1.29 is 0 Å². The zero-order valence-electron chi connectivity index (χ0n) is 13.3. The summed E-state index contributed by atoms with van der Waals surface area (Å²) in [5, 5.41) is 0. The van der Waals surface area contributed by atoms with Crippen molar-refractivity contribution in [3.8, 4) is 0 Å². The topological polar surface area (TPSA) is 29.3 Å². The van der Waals surface area contributed by atoms with Crippen LogP contribution < -0.4 is 5.73 Å². The van der Waals surface area contributed by atoms with Gasteiger partial charge < -0.3 is 10.6 Å². The van der Waals surface area contributed by atoms with Crippen LogP contribution in [0.2, 0.25) is 0 Å². The van der Waals surface area contributed by atoms with Gasteiger partial charge in [-0.2, -0.15) is 0 Å². The van der Waals surface area contributed by atoms with Gasteiger partial charge in [0.2, 0.25) is 0 Å². The molecule has 1 aliphatic rings. The van der Waals surface area contributed by atoms with Gasteiger partial charge in [-0.1, -0.05) is 51.1 Å². The van der Waals surface area contributed by atoms with Crippen molar-refractivity contribution in [2.75, 3.05) is 19.6 Å². The molecule has 0 radical (unpaired) electrons. The Hall–Kier alpha value is -0.860. The Morgan fingerprint density at radius 1 is 1.15 bits per heavy atom. The molecular weight excluding hydrogens is 244 g/mol. The Bertz CT molecular complexity index is 394. The maximum absolute atomic E-state index is 6.36. The summed E-state index contributed by atoms with van der Waals surface area (Å²) in [7, 11) is 0. The van der Waals surface area contributed by atoms with E-state index in [2.05, 4.69) is 56.0 Å². The molecule has 0 saturated carbocycles. The number of benzene rings is 1. The summed E-state index contributed by atoms with van der Waals surface area (Å²) in [4.78, 5) is 2.56. The van der Waals surface area contributed by atoms with Gasteiger partial charge in [0.05, 0.1) is 0 Å². The standard InChI is InChI=1S/C18H30N2/c1-18(2,3)16-10-7-12-20(13-11-16)14-17(19)15-8-5-4-6-9-15/h4-6,8-9,16-17H,7,10-14,19H2,1-3H3. The largest absolute Gasteiger partial charge is 0.323 e. The lowest BCUT2D eigenvalue weighted by Crippen LogP contribution is -2.33. The van der Waals surface area contributed by atoms with E-state index in [1.807, 2.05) is 0 Å². The highest BCUT2D eigenvalue weighted by atomic mass is 15.1. The zero-order chi connectivity index (χ0) is 14.6. The first-order chi connectivity index (χ1) is 9.47. The quantitative estimate of drug-likeness (QED) is 0.907. The minimum atomic E-state index is 0.141. The molecule has 1 aromatic carbocycles. The molecule has 0 amide bonds. The van der Waals surface area contributed by atoms with Crippen molar-refractivity contribution in [2.45, 2.75) is 46.1 Å². The molecule has 1 aromatic rings. The van der Waals surface area contributed by atoms with E-state index < -0.39 is 0 Å². The average Bonchev–Trinajstić information content (AvgIpc) is 2.65. The third-order valence-electron chi connectivity index (χ3n) is 4.73. The average molecular weight is 274 g/mol. The van der Waals surface area contributed by atoms with Gasteiger partial charge in [0, 0.05) is 12.6 Å². The summed E-state index contributed by atoms with van der Waals surface area (Å²) in [6.45, 7) is 10.5. The number of rotatable bonds is 3. The molecule has 1 aliphatic heterocycles. The minimum absolute atomic E-state index is 0.141. The molecule has 0 aliphatic carbocycles. The Labute approximate surface area is 124 Å². The zero-order valence-corrected chi connectivity index (χ0v) is 13.3. The van der Waals surface area contributed by atoms with E-state index in [-0.39, 0.29) is 6.04 Å². The maximum atomic E-state index is 6.36. The van der Waals surface area contributed by atoms with Crippen molar-refractivity contribution in [1.29, 1.82) is 0 Å². The van der Waals surface area contributed by atoms with Gasteiger partial charge in [0.15, 0.2) is 0 Å². The predicted octanol–water partition coefficient (Wildman–Crippen LogP) is 3.83. The fraction of sp³-hybridized carbons (Fsp3) is 0.667. The molecule has 0 bridgehead atoms. The molecule has 1 saturated heterocycles. The van der Waals surface area contributed by atoms with E-state index in [9.17, 15) is 0 Å². The first kappa shape index (κ1) is 15.5. The first-order valence-electron chi connectivity index (χ1n) is 7.99. The first-order valence-corrected chi connectivity index (χ1v) is 7.99. The van der Waals surface area contributed by atoms with Crippen molar-refractivity contribution >= 4 is 0 Å². The lowest BCUT2D eigenvalue weighted by Gasteiger charge is -2.30. The van der Waals surface area contributed by atoms with Gasteiger partial charge in [-0.25, -0.2) is 0 Å². The Morgan fingerprint density at radius 3 is 2.50 bits per heavy atom. The van der Waals surface area contributed by atoms with E-state index in [0.717, 1.165) is 12.5 Å². The summed E-state index contributed by atoms with van der Waals surface area (Å²) in [6.07, 6.45) is 3.98. The van der Waals surface area contributed by atoms with Crippen LogP contribution in [0.15, 0.2) is 30.3 Å². The Kier molecular flexibility index (Phi) is 5.22. The van der Waals surface area contributed by atoms with E-state index in [4.69, 9.17) is 5.73 Å². The number of likely N-dealkylation sites (tertiary alicyclic amines) is 1. The van der Waals surface area contributed by atoms with Crippen molar-refractivity contribution in [3.63, 3.8) is 0 Å². The van der Waals surface area contributed by atoms with Crippen LogP contribution in [-0.4, -0.2) is 24.5 Å². The second kappa shape index (κ2) is 6.73. The molecule has 2 N–H and O–H groups in total. The number of hydrogen-bond donors (Lipinski definition) is 1. The van der Waals surface area contributed by atoms with Crippen LogP contribution in [0.4, 0.5) is 0 Å². The lowest BCUT2D eigenvalue weighted by atomic mass is 9.77. The van der Waals surface area contributed by atoms with Crippen molar-refractivity contribution in [1.82, 2.24) is 4.90 Å². The van der Waals surface area contributed by atoms with Crippen LogP contribution in [0.5, 0.6) is 0 Å². The number of nitrogens with two attached hydrogens (primary N) is 1. The molecule has 2 atom stereocenters. The molecule has 20 heavy (non-hydrogen) atoms. The van der Waals surface area contributed by atoms with E-state index in [1.54, 1.807) is 0 Å². The SMILES string of the molecule is CC(C)(C)C1CCCN(CC(N)c2ccccc2)CC1. The normalized spacial score (nSPS) is 23.3. The summed E-state index contributed by atoms with van der Waals surface area (Å²) < 4.78 is 0. The molecule has 0 aromatic heterocycles. The second-order valence-electron chi connectivity index (χ2n) is 7.31. The highest BCUT2D eigenvalue weighted by Crippen LogP contribution is 2.34. The van der Waals surface area contributed by atoms with Gasteiger partial charge in [-0.3, -0.25) is 0 Å². The molecule has 2 unspecified atom stereocenters. The third-order valence-corrected chi connectivity index (χ3v) is 4.73. The molecule has 2 rings (SSSR count). The molecule has 2 heteroatoms. The fourth-order valence-electron chi connectivity index (χ4n) is 3.29. The minimum Gasteiger partial charge on any atom is -0.323 e. The molecule has 2 nitrogen and oxygen atoms in total. The Balaban J connectivity index is 1.88. The van der Waals surface area contributed by atoms with Crippen LogP contribution >= 0.6 is 0 Å². The van der Waals surface area contributed by atoms with Crippen LogP contribution in [-0.2, 0) is 0 Å². The van der Waals surface area contributed by atoms with Gasteiger partial charge in [-0.15, -0.1) is 0 Å². The molecule has 1 heterocycles. The molecule has 112 valence electrons. The van der Waals surface area contributed by atoms with E-state index in [1.165, 1.54) is 37.9 Å². The van der Waals surface area contributed by atoms with Gasteiger partial charge >= 0.3 is 0 Å². The van der Waals surface area contributed by atoms with Gasteiger partial charge in [0.25, 0.3) is 0 Å². The summed E-state index contributed by atoms with van der Waals surface area (Å²) >= 11 is 0. The molecular formula is C18H30N2. The maximum Gasteiger partial charge on any atom is 0.0424 e. The van der Waals surface area contributed by atoms with Crippen LogP contribution in [0.25, 0.3) is 0 Å². The molecule has 0 spiro atoms. The fourth-order valence-corrected chi connectivity index (χ4v) is 3.29. The molecule has 1 fully saturated rings. The predicted molar refractivity (Wildman–Crippen MR) is 86.6 cm³/mol. The van der Waals surface area contributed by atoms with Crippen LogP contribution in [0.3, 0.4) is 0 Å². The Morgan fingerprint density at radius 2 is 1.85 bits per heavy atom. The monoisotopic (exact) mass is 274 g/mol. The summed E-state index contributed by atoms with van der Waals surface area (Å²) in [6, 6.07) is 10.6. The second-order valence-corrected chi connectivity index (χ2v) is 7.31. The van der Waals surface area contributed by atoms with Crippen LogP contribution in [0, 0.1) is 11.3 Å².